The molecule has 0 radical (unpaired) electrons. The van der Waals surface area contributed by atoms with Gasteiger partial charge >= 0.3 is 0 Å². The molecule has 0 saturated heterocycles. The molecule has 2 aromatic heterocycles. The van der Waals surface area contributed by atoms with Gasteiger partial charge in [-0.3, -0.25) is 10.00 Å². The van der Waals surface area contributed by atoms with Crippen molar-refractivity contribution in [3.63, 3.8) is 0 Å². The van der Waals surface area contributed by atoms with Gasteiger partial charge in [0.2, 0.25) is 0 Å². The molecule has 1 aromatic carbocycles. The monoisotopic (exact) mass is 373 g/mol. The minimum atomic E-state index is -0.863. The average Bonchev–Trinajstić information content (AvgIpc) is 3.08. The Bertz CT molecular complexity index is 926. The third-order valence-corrected chi connectivity index (χ3v) is 5.05. The second-order valence-electron chi connectivity index (χ2n) is 6.20. The molecule has 5 nitrogen and oxygen atoms in total. The number of fused-ring (bicyclic) bond motifs is 1. The van der Waals surface area contributed by atoms with Gasteiger partial charge in [-0.1, -0.05) is 11.8 Å². The fourth-order valence-electron chi connectivity index (χ4n) is 3.16. The smallest absolute Gasteiger partial charge is 0.187 e. The SMILES string of the molecule is CSc1ncc(CN2CCc3[nH]nc(-c4ccc(F)c(F)c4)c3C2)cn1. The molecular formula is C18H17F2N5S. The van der Waals surface area contributed by atoms with E-state index in [4.69, 9.17) is 0 Å². The molecule has 3 aromatic rings. The van der Waals surface area contributed by atoms with Crippen LogP contribution in [0.1, 0.15) is 16.8 Å². The van der Waals surface area contributed by atoms with Crippen LogP contribution in [-0.2, 0) is 19.5 Å². The molecular weight excluding hydrogens is 356 g/mol. The summed E-state index contributed by atoms with van der Waals surface area (Å²) in [6.07, 6.45) is 6.47. The van der Waals surface area contributed by atoms with Crippen molar-refractivity contribution in [3.05, 3.63) is 59.0 Å². The van der Waals surface area contributed by atoms with Crippen molar-refractivity contribution < 1.29 is 8.78 Å². The van der Waals surface area contributed by atoms with Crippen molar-refractivity contribution in [3.8, 4) is 11.3 Å². The van der Waals surface area contributed by atoms with E-state index in [0.717, 1.165) is 47.6 Å². The summed E-state index contributed by atoms with van der Waals surface area (Å²) < 4.78 is 26.8. The van der Waals surface area contributed by atoms with E-state index in [1.165, 1.54) is 17.8 Å². The Hall–Kier alpha value is -2.32. The van der Waals surface area contributed by atoms with E-state index in [1.807, 2.05) is 18.6 Å². The fraction of sp³-hybridized carbons (Fsp3) is 0.278. The van der Waals surface area contributed by atoms with Gasteiger partial charge in [0.05, 0.1) is 5.69 Å². The zero-order valence-corrected chi connectivity index (χ0v) is 15.0. The normalized spacial score (nSPS) is 14.4. The van der Waals surface area contributed by atoms with Gasteiger partial charge in [-0.05, 0) is 24.5 Å². The Kier molecular flexibility index (Phi) is 4.69. The molecule has 1 aliphatic heterocycles. The number of benzene rings is 1. The molecule has 0 atom stereocenters. The highest BCUT2D eigenvalue weighted by atomic mass is 32.2. The molecule has 3 heterocycles. The lowest BCUT2D eigenvalue weighted by Crippen LogP contribution is -2.30. The summed E-state index contributed by atoms with van der Waals surface area (Å²) in [6, 6.07) is 3.89. The largest absolute Gasteiger partial charge is 0.294 e. The highest BCUT2D eigenvalue weighted by Gasteiger charge is 2.23. The molecule has 0 fully saturated rings. The Morgan fingerprint density at radius 2 is 2.00 bits per heavy atom. The first kappa shape index (κ1) is 17.1. The minimum absolute atomic E-state index is 0.580. The van der Waals surface area contributed by atoms with Crippen LogP contribution in [0.3, 0.4) is 0 Å². The van der Waals surface area contributed by atoms with Crippen LogP contribution in [0.25, 0.3) is 11.3 Å². The van der Waals surface area contributed by atoms with Gasteiger partial charge in [0.15, 0.2) is 16.8 Å². The highest BCUT2D eigenvalue weighted by molar-refractivity contribution is 7.98. The van der Waals surface area contributed by atoms with Gasteiger partial charge in [-0.25, -0.2) is 18.7 Å². The number of nitrogens with zero attached hydrogens (tertiary/aromatic N) is 4. The van der Waals surface area contributed by atoms with Crippen molar-refractivity contribution in [2.45, 2.75) is 24.7 Å². The van der Waals surface area contributed by atoms with Crippen molar-refractivity contribution >= 4 is 11.8 Å². The molecule has 0 bridgehead atoms. The summed E-state index contributed by atoms with van der Waals surface area (Å²) in [7, 11) is 0. The van der Waals surface area contributed by atoms with Crippen molar-refractivity contribution in [1.29, 1.82) is 0 Å². The number of hydrogen-bond acceptors (Lipinski definition) is 5. The second-order valence-corrected chi connectivity index (χ2v) is 6.97. The summed E-state index contributed by atoms with van der Waals surface area (Å²) in [4.78, 5) is 10.9. The van der Waals surface area contributed by atoms with Gasteiger partial charge in [-0.15, -0.1) is 0 Å². The van der Waals surface area contributed by atoms with E-state index in [1.54, 1.807) is 6.07 Å². The lowest BCUT2D eigenvalue weighted by molar-refractivity contribution is 0.244. The van der Waals surface area contributed by atoms with E-state index in [-0.39, 0.29) is 0 Å². The third-order valence-electron chi connectivity index (χ3n) is 4.48. The lowest BCUT2D eigenvalue weighted by Gasteiger charge is -2.26. The first-order chi connectivity index (χ1) is 12.6. The van der Waals surface area contributed by atoms with Crippen LogP contribution in [0.4, 0.5) is 8.78 Å². The number of aromatic nitrogens is 4. The molecule has 0 saturated carbocycles. The van der Waals surface area contributed by atoms with E-state index >= 15 is 0 Å². The Morgan fingerprint density at radius 3 is 2.73 bits per heavy atom. The molecule has 0 amide bonds. The van der Waals surface area contributed by atoms with Crippen LogP contribution in [-0.4, -0.2) is 37.9 Å². The summed E-state index contributed by atoms with van der Waals surface area (Å²) in [5.74, 6) is -1.72. The molecule has 1 N–H and O–H groups in total. The summed E-state index contributed by atoms with van der Waals surface area (Å²) in [5.41, 5.74) is 4.39. The number of aromatic amines is 1. The quantitative estimate of drug-likeness (QED) is 0.561. The summed E-state index contributed by atoms with van der Waals surface area (Å²) >= 11 is 1.51. The fourth-order valence-corrected chi connectivity index (χ4v) is 3.47. The third kappa shape index (κ3) is 3.34. The van der Waals surface area contributed by atoms with E-state index in [0.29, 0.717) is 17.8 Å². The number of thioether (sulfide) groups is 1. The zero-order chi connectivity index (χ0) is 18.1. The molecule has 26 heavy (non-hydrogen) atoms. The van der Waals surface area contributed by atoms with Crippen LogP contribution in [0.2, 0.25) is 0 Å². The number of halogens is 2. The first-order valence-electron chi connectivity index (χ1n) is 8.23. The molecule has 1 aliphatic rings. The Labute approximate surface area is 153 Å². The number of nitrogens with one attached hydrogen (secondary N) is 1. The van der Waals surface area contributed by atoms with E-state index in [2.05, 4.69) is 25.1 Å². The standard InChI is InChI=1S/C18H17F2N5S/c1-26-18-21-7-11(8-22-18)9-25-5-4-16-13(10-25)17(24-23-16)12-2-3-14(19)15(20)6-12/h2-3,6-8H,4-5,9-10H2,1H3,(H,23,24). The van der Waals surface area contributed by atoms with Crippen molar-refractivity contribution in [1.82, 2.24) is 25.1 Å². The van der Waals surface area contributed by atoms with Crippen LogP contribution in [0.5, 0.6) is 0 Å². The van der Waals surface area contributed by atoms with Crippen LogP contribution < -0.4 is 0 Å². The molecule has 0 aliphatic carbocycles. The molecule has 8 heteroatoms. The van der Waals surface area contributed by atoms with E-state index < -0.39 is 11.6 Å². The van der Waals surface area contributed by atoms with E-state index in [9.17, 15) is 8.78 Å². The van der Waals surface area contributed by atoms with Crippen LogP contribution in [0.15, 0.2) is 35.7 Å². The maximum absolute atomic E-state index is 13.6. The van der Waals surface area contributed by atoms with Crippen LogP contribution >= 0.6 is 11.8 Å². The number of hydrogen-bond donors (Lipinski definition) is 1. The van der Waals surface area contributed by atoms with Crippen molar-refractivity contribution in [2.24, 2.45) is 0 Å². The average molecular weight is 373 g/mol. The molecule has 0 spiro atoms. The predicted octanol–water partition coefficient (Wildman–Crippen LogP) is 3.43. The van der Waals surface area contributed by atoms with Gasteiger partial charge in [0.1, 0.15) is 0 Å². The predicted molar refractivity (Wildman–Crippen MR) is 95.6 cm³/mol. The van der Waals surface area contributed by atoms with Gasteiger partial charge in [-0.2, -0.15) is 5.10 Å². The molecule has 0 unspecified atom stereocenters. The zero-order valence-electron chi connectivity index (χ0n) is 14.2. The van der Waals surface area contributed by atoms with Crippen LogP contribution in [0, 0.1) is 11.6 Å². The van der Waals surface area contributed by atoms with Crippen molar-refractivity contribution in [2.75, 3.05) is 12.8 Å². The highest BCUT2D eigenvalue weighted by Crippen LogP contribution is 2.29. The number of rotatable bonds is 4. The maximum atomic E-state index is 13.6. The molecule has 134 valence electrons. The Morgan fingerprint density at radius 1 is 1.19 bits per heavy atom. The van der Waals surface area contributed by atoms with Gasteiger partial charge < -0.3 is 0 Å². The topological polar surface area (TPSA) is 57.7 Å². The summed E-state index contributed by atoms with van der Waals surface area (Å²) in [6.45, 7) is 2.30. The van der Waals surface area contributed by atoms with Gasteiger partial charge in [0.25, 0.3) is 0 Å². The maximum Gasteiger partial charge on any atom is 0.187 e. The summed E-state index contributed by atoms with van der Waals surface area (Å²) in [5, 5.41) is 8.13. The minimum Gasteiger partial charge on any atom is -0.294 e. The first-order valence-corrected chi connectivity index (χ1v) is 9.45. The number of H-pyrrole nitrogens is 1. The van der Waals surface area contributed by atoms with Gasteiger partial charge in [0, 0.05) is 60.8 Å². The lowest BCUT2D eigenvalue weighted by atomic mass is 10.0. The second kappa shape index (κ2) is 7.13. The Balaban J connectivity index is 1.55. The molecule has 4 rings (SSSR count).